The van der Waals surface area contributed by atoms with Gasteiger partial charge >= 0.3 is 6.01 Å². The minimum absolute atomic E-state index is 0.0133. The van der Waals surface area contributed by atoms with Gasteiger partial charge in [-0.2, -0.15) is 15.0 Å². The third-order valence-electron chi connectivity index (χ3n) is 2.66. The van der Waals surface area contributed by atoms with Crippen molar-refractivity contribution in [2.75, 3.05) is 12.4 Å². The molecule has 0 spiro atoms. The van der Waals surface area contributed by atoms with Crippen LogP contribution in [0.4, 0.5) is 5.95 Å². The van der Waals surface area contributed by atoms with Crippen molar-refractivity contribution in [3.05, 3.63) is 28.4 Å². The van der Waals surface area contributed by atoms with Crippen molar-refractivity contribution in [2.45, 2.75) is 26.8 Å². The van der Waals surface area contributed by atoms with Gasteiger partial charge in [0.25, 0.3) is 0 Å². The van der Waals surface area contributed by atoms with E-state index in [2.05, 4.69) is 20.3 Å². The predicted octanol–water partition coefficient (Wildman–Crippen LogP) is 2.92. The van der Waals surface area contributed by atoms with Crippen LogP contribution in [0.2, 0.25) is 5.28 Å². The van der Waals surface area contributed by atoms with E-state index in [0.29, 0.717) is 5.95 Å². The lowest BCUT2D eigenvalue weighted by Gasteiger charge is -2.13. The van der Waals surface area contributed by atoms with Crippen LogP contribution in [-0.4, -0.2) is 22.1 Å². The number of hydrogen-bond acceptors (Lipinski definition) is 6. The van der Waals surface area contributed by atoms with Crippen LogP contribution >= 0.6 is 11.6 Å². The smallest absolute Gasteiger partial charge is 0.322 e. The Labute approximate surface area is 116 Å². The van der Waals surface area contributed by atoms with Crippen molar-refractivity contribution in [3.8, 4) is 6.01 Å². The Hall–Kier alpha value is -1.82. The monoisotopic (exact) mass is 282 g/mol. The highest BCUT2D eigenvalue weighted by atomic mass is 35.5. The predicted molar refractivity (Wildman–Crippen MR) is 71.6 cm³/mol. The molecule has 7 heteroatoms. The van der Waals surface area contributed by atoms with Gasteiger partial charge in [-0.1, -0.05) is 0 Å². The van der Waals surface area contributed by atoms with E-state index >= 15 is 0 Å². The molecule has 0 saturated heterocycles. The lowest BCUT2D eigenvalue weighted by atomic mass is 10.1. The van der Waals surface area contributed by atoms with Gasteiger partial charge in [0.1, 0.15) is 11.5 Å². The molecule has 1 N–H and O–H groups in total. The summed E-state index contributed by atoms with van der Waals surface area (Å²) in [4.78, 5) is 11.9. The molecule has 0 aromatic carbocycles. The molecule has 0 bridgehead atoms. The fourth-order valence-electron chi connectivity index (χ4n) is 1.84. The largest absolute Gasteiger partial charge is 0.467 e. The molecule has 19 heavy (non-hydrogen) atoms. The van der Waals surface area contributed by atoms with Crippen LogP contribution in [0, 0.1) is 13.8 Å². The number of furan rings is 1. The number of ether oxygens (including phenoxy) is 1. The second-order valence-electron chi connectivity index (χ2n) is 4.15. The second kappa shape index (κ2) is 5.44. The number of aromatic nitrogens is 3. The average molecular weight is 283 g/mol. The van der Waals surface area contributed by atoms with E-state index in [1.54, 1.807) is 0 Å². The zero-order chi connectivity index (χ0) is 14.0. The van der Waals surface area contributed by atoms with E-state index in [9.17, 15) is 0 Å². The summed E-state index contributed by atoms with van der Waals surface area (Å²) in [6.45, 7) is 5.81. The minimum Gasteiger partial charge on any atom is -0.467 e. The van der Waals surface area contributed by atoms with Gasteiger partial charge in [-0.25, -0.2) is 0 Å². The Bertz CT molecular complexity index is 585. The highest BCUT2D eigenvalue weighted by Gasteiger charge is 2.14. The van der Waals surface area contributed by atoms with E-state index in [4.69, 9.17) is 20.8 Å². The molecular formula is C12H15ClN4O2. The summed E-state index contributed by atoms with van der Waals surface area (Å²) in [6.07, 6.45) is 0. The Morgan fingerprint density at radius 1 is 1.32 bits per heavy atom. The van der Waals surface area contributed by atoms with Crippen LogP contribution < -0.4 is 10.1 Å². The maximum Gasteiger partial charge on any atom is 0.322 e. The molecule has 102 valence electrons. The molecule has 2 heterocycles. The van der Waals surface area contributed by atoms with Gasteiger partial charge < -0.3 is 14.5 Å². The fraction of sp³-hybridized carbons (Fsp3) is 0.417. The number of anilines is 1. The van der Waals surface area contributed by atoms with E-state index in [0.717, 1.165) is 17.1 Å². The topological polar surface area (TPSA) is 73.1 Å². The molecule has 2 aromatic heterocycles. The molecule has 0 aliphatic heterocycles. The van der Waals surface area contributed by atoms with Gasteiger partial charge in [0, 0.05) is 5.56 Å². The van der Waals surface area contributed by atoms with Crippen LogP contribution in [-0.2, 0) is 0 Å². The minimum atomic E-state index is -0.0133. The average Bonchev–Trinajstić information content (AvgIpc) is 2.67. The zero-order valence-electron chi connectivity index (χ0n) is 11.2. The molecule has 2 rings (SSSR count). The first-order valence-electron chi connectivity index (χ1n) is 5.78. The van der Waals surface area contributed by atoms with Crippen molar-refractivity contribution >= 4 is 17.5 Å². The van der Waals surface area contributed by atoms with Crippen LogP contribution in [0.25, 0.3) is 0 Å². The molecule has 0 fully saturated rings. The first-order chi connectivity index (χ1) is 8.99. The number of methoxy groups -OCH3 is 1. The van der Waals surface area contributed by atoms with Crippen LogP contribution in [0.1, 0.15) is 30.0 Å². The Kier molecular flexibility index (Phi) is 3.90. The van der Waals surface area contributed by atoms with Crippen LogP contribution in [0.5, 0.6) is 6.01 Å². The Morgan fingerprint density at radius 2 is 2.05 bits per heavy atom. The summed E-state index contributed by atoms with van der Waals surface area (Å²) in [5.41, 5.74) is 1.05. The second-order valence-corrected chi connectivity index (χ2v) is 4.49. The molecule has 0 radical (unpaired) electrons. The van der Waals surface area contributed by atoms with E-state index in [1.165, 1.54) is 7.11 Å². The molecule has 0 saturated carbocycles. The quantitative estimate of drug-likeness (QED) is 0.929. The first kappa shape index (κ1) is 13.6. The summed E-state index contributed by atoms with van der Waals surface area (Å²) < 4.78 is 10.4. The summed E-state index contributed by atoms with van der Waals surface area (Å²) in [7, 11) is 1.47. The highest BCUT2D eigenvalue weighted by molar-refractivity contribution is 6.28. The van der Waals surface area contributed by atoms with Crippen molar-refractivity contribution in [1.82, 2.24) is 15.0 Å². The van der Waals surface area contributed by atoms with E-state index < -0.39 is 0 Å². The summed E-state index contributed by atoms with van der Waals surface area (Å²) in [5, 5.41) is 3.23. The zero-order valence-corrected chi connectivity index (χ0v) is 11.9. The maximum absolute atomic E-state index is 5.79. The summed E-state index contributed by atoms with van der Waals surface area (Å²) in [6, 6.07) is 2.14. The fourth-order valence-corrected chi connectivity index (χ4v) is 1.99. The van der Waals surface area contributed by atoms with E-state index in [-0.39, 0.29) is 17.3 Å². The Morgan fingerprint density at radius 3 is 2.63 bits per heavy atom. The molecule has 6 nitrogen and oxygen atoms in total. The maximum atomic E-state index is 5.79. The van der Waals surface area contributed by atoms with Gasteiger partial charge in [-0.15, -0.1) is 0 Å². The van der Waals surface area contributed by atoms with Gasteiger partial charge in [-0.05, 0) is 38.4 Å². The van der Waals surface area contributed by atoms with E-state index in [1.807, 2.05) is 26.8 Å². The lowest BCUT2D eigenvalue weighted by Crippen LogP contribution is -2.11. The summed E-state index contributed by atoms with van der Waals surface area (Å²) >= 11 is 5.79. The number of hydrogen-bond donors (Lipinski definition) is 1. The molecule has 0 amide bonds. The van der Waals surface area contributed by atoms with Gasteiger partial charge in [-0.3, -0.25) is 0 Å². The standard InChI is InChI=1S/C12H15ClN4O2/c1-6-5-9(8(3)19-6)7(2)14-11-15-10(13)16-12(17-11)18-4/h5,7H,1-4H3,(H,14,15,16,17). The van der Waals surface area contributed by atoms with Crippen molar-refractivity contribution < 1.29 is 9.15 Å². The van der Waals surface area contributed by atoms with Crippen molar-refractivity contribution in [2.24, 2.45) is 0 Å². The van der Waals surface area contributed by atoms with Gasteiger partial charge in [0.05, 0.1) is 13.2 Å². The number of nitrogens with zero attached hydrogens (tertiary/aromatic N) is 3. The number of aryl methyl sites for hydroxylation is 2. The normalized spacial score (nSPS) is 12.3. The number of rotatable bonds is 4. The lowest BCUT2D eigenvalue weighted by molar-refractivity contribution is 0.378. The molecule has 2 aromatic rings. The van der Waals surface area contributed by atoms with Crippen LogP contribution in [0.3, 0.4) is 0 Å². The van der Waals surface area contributed by atoms with Gasteiger partial charge in [0.2, 0.25) is 11.2 Å². The van der Waals surface area contributed by atoms with Crippen molar-refractivity contribution in [1.29, 1.82) is 0 Å². The third kappa shape index (κ3) is 3.14. The molecule has 0 aliphatic carbocycles. The number of halogens is 1. The molecule has 1 atom stereocenters. The highest BCUT2D eigenvalue weighted by Crippen LogP contribution is 2.24. The summed E-state index contributed by atoms with van der Waals surface area (Å²) in [5.74, 6) is 2.10. The molecule has 0 aliphatic rings. The third-order valence-corrected chi connectivity index (χ3v) is 2.83. The van der Waals surface area contributed by atoms with Crippen molar-refractivity contribution in [3.63, 3.8) is 0 Å². The Balaban J connectivity index is 2.21. The number of nitrogens with one attached hydrogen (secondary N) is 1. The first-order valence-corrected chi connectivity index (χ1v) is 6.16. The molecule has 1 unspecified atom stereocenters. The SMILES string of the molecule is COc1nc(Cl)nc(NC(C)c2cc(C)oc2C)n1. The van der Waals surface area contributed by atoms with Gasteiger partial charge in [0.15, 0.2) is 0 Å². The molecular weight excluding hydrogens is 268 g/mol. The van der Waals surface area contributed by atoms with Crippen LogP contribution in [0.15, 0.2) is 10.5 Å².